The van der Waals surface area contributed by atoms with E-state index in [1.54, 1.807) is 4.90 Å². The monoisotopic (exact) mass is 256 g/mol. The second-order valence-electron chi connectivity index (χ2n) is 5.15. The highest BCUT2D eigenvalue weighted by Crippen LogP contribution is 2.23. The molecule has 2 heterocycles. The van der Waals surface area contributed by atoms with Crippen LogP contribution in [0.1, 0.15) is 19.8 Å². The zero-order chi connectivity index (χ0) is 13.1. The van der Waals surface area contributed by atoms with Gasteiger partial charge in [-0.05, 0) is 18.8 Å². The van der Waals surface area contributed by atoms with Crippen molar-refractivity contribution in [3.05, 3.63) is 0 Å². The van der Waals surface area contributed by atoms with Crippen LogP contribution in [-0.2, 0) is 9.53 Å². The number of nitrogens with one attached hydrogen (secondary N) is 1. The molecule has 2 fully saturated rings. The third kappa shape index (κ3) is 2.93. The van der Waals surface area contributed by atoms with Crippen LogP contribution in [0.3, 0.4) is 0 Å². The maximum Gasteiger partial charge on any atom is 0.317 e. The summed E-state index contributed by atoms with van der Waals surface area (Å²) in [6.07, 6.45) is 2.14. The molecular formula is C12H20N2O4. The van der Waals surface area contributed by atoms with Crippen LogP contribution in [0.2, 0.25) is 0 Å². The molecule has 0 aromatic carbocycles. The number of rotatable bonds is 3. The van der Waals surface area contributed by atoms with Gasteiger partial charge in [-0.25, -0.2) is 4.79 Å². The Labute approximate surface area is 106 Å². The highest BCUT2D eigenvalue weighted by atomic mass is 16.5. The first-order valence-corrected chi connectivity index (χ1v) is 6.45. The Hall–Kier alpha value is -1.30. The number of hydrogen-bond acceptors (Lipinski definition) is 3. The summed E-state index contributed by atoms with van der Waals surface area (Å²) in [6.45, 7) is 3.96. The Kier molecular flexibility index (Phi) is 4.06. The van der Waals surface area contributed by atoms with Gasteiger partial charge in [-0.2, -0.15) is 0 Å². The Morgan fingerprint density at radius 1 is 1.44 bits per heavy atom. The van der Waals surface area contributed by atoms with E-state index in [0.29, 0.717) is 19.6 Å². The minimum atomic E-state index is -0.822. The van der Waals surface area contributed by atoms with Gasteiger partial charge in [0.15, 0.2) is 0 Å². The minimum absolute atomic E-state index is 0.0102. The van der Waals surface area contributed by atoms with Crippen molar-refractivity contribution < 1.29 is 19.4 Å². The van der Waals surface area contributed by atoms with E-state index in [1.807, 2.05) is 6.92 Å². The quantitative estimate of drug-likeness (QED) is 0.772. The molecule has 0 aliphatic carbocycles. The van der Waals surface area contributed by atoms with Gasteiger partial charge in [0.25, 0.3) is 0 Å². The average Bonchev–Trinajstić information content (AvgIpc) is 2.94. The maximum atomic E-state index is 11.9. The molecule has 2 amide bonds. The molecule has 102 valence electrons. The van der Waals surface area contributed by atoms with Gasteiger partial charge in [-0.15, -0.1) is 0 Å². The summed E-state index contributed by atoms with van der Waals surface area (Å²) < 4.78 is 5.42. The van der Waals surface area contributed by atoms with E-state index in [-0.39, 0.29) is 18.1 Å². The average molecular weight is 256 g/mol. The van der Waals surface area contributed by atoms with Crippen molar-refractivity contribution in [2.75, 3.05) is 26.2 Å². The van der Waals surface area contributed by atoms with Gasteiger partial charge in [-0.1, -0.05) is 6.92 Å². The van der Waals surface area contributed by atoms with Crippen LogP contribution < -0.4 is 5.32 Å². The molecule has 2 N–H and O–H groups in total. The van der Waals surface area contributed by atoms with Gasteiger partial charge in [0.1, 0.15) is 0 Å². The molecular weight excluding hydrogens is 236 g/mol. The lowest BCUT2D eigenvalue weighted by atomic mass is 9.99. The van der Waals surface area contributed by atoms with Crippen LogP contribution in [0.15, 0.2) is 0 Å². The van der Waals surface area contributed by atoms with E-state index in [9.17, 15) is 9.59 Å². The molecule has 2 aliphatic rings. The Bertz CT molecular complexity index is 328. The van der Waals surface area contributed by atoms with Crippen LogP contribution in [0.25, 0.3) is 0 Å². The van der Waals surface area contributed by atoms with Crippen molar-refractivity contribution in [3.63, 3.8) is 0 Å². The molecule has 2 saturated heterocycles. The number of carboxylic acids is 1. The Morgan fingerprint density at radius 3 is 2.78 bits per heavy atom. The Morgan fingerprint density at radius 2 is 2.22 bits per heavy atom. The smallest absolute Gasteiger partial charge is 0.317 e. The molecule has 1 unspecified atom stereocenters. The third-order valence-corrected chi connectivity index (χ3v) is 3.72. The van der Waals surface area contributed by atoms with E-state index in [2.05, 4.69) is 5.32 Å². The standard InChI is InChI=1S/C12H20N2O4/c1-8-6-14(7-10(8)11(15)16)12(17)13-5-9-3-2-4-18-9/h8-10H,2-7H2,1H3,(H,13,17)(H,15,16)/t8-,9?,10-/m1/s1. The SMILES string of the molecule is C[C@@H]1CN(C(=O)NCC2CCCO2)C[C@H]1C(=O)O. The fraction of sp³-hybridized carbons (Fsp3) is 0.833. The van der Waals surface area contributed by atoms with Gasteiger partial charge >= 0.3 is 12.0 Å². The molecule has 0 radical (unpaired) electrons. The molecule has 6 heteroatoms. The number of urea groups is 1. The summed E-state index contributed by atoms with van der Waals surface area (Å²) in [4.78, 5) is 24.4. The van der Waals surface area contributed by atoms with E-state index in [4.69, 9.17) is 9.84 Å². The number of carboxylic acid groups (broad SMARTS) is 1. The zero-order valence-electron chi connectivity index (χ0n) is 10.6. The summed E-state index contributed by atoms with van der Waals surface area (Å²) in [7, 11) is 0. The number of carbonyl (C=O) groups is 2. The molecule has 0 bridgehead atoms. The highest BCUT2D eigenvalue weighted by molar-refractivity contribution is 5.77. The largest absolute Gasteiger partial charge is 0.481 e. The molecule has 18 heavy (non-hydrogen) atoms. The first kappa shape index (κ1) is 13.1. The third-order valence-electron chi connectivity index (χ3n) is 3.72. The second-order valence-corrected chi connectivity index (χ2v) is 5.15. The number of aliphatic carboxylic acids is 1. The lowest BCUT2D eigenvalue weighted by molar-refractivity contribution is -0.142. The lowest BCUT2D eigenvalue weighted by Gasteiger charge is -2.18. The van der Waals surface area contributed by atoms with E-state index in [0.717, 1.165) is 19.4 Å². The number of likely N-dealkylation sites (tertiary alicyclic amines) is 1. The van der Waals surface area contributed by atoms with Crippen molar-refractivity contribution in [2.24, 2.45) is 11.8 Å². The highest BCUT2D eigenvalue weighted by Gasteiger charge is 2.37. The topological polar surface area (TPSA) is 78.9 Å². The van der Waals surface area contributed by atoms with Gasteiger partial charge in [-0.3, -0.25) is 4.79 Å². The number of ether oxygens (including phenoxy) is 1. The lowest BCUT2D eigenvalue weighted by Crippen LogP contribution is -2.42. The number of nitrogens with zero attached hydrogens (tertiary/aromatic N) is 1. The second kappa shape index (κ2) is 5.56. The van der Waals surface area contributed by atoms with Crippen molar-refractivity contribution in [1.29, 1.82) is 0 Å². The molecule has 0 aromatic rings. The summed E-state index contributed by atoms with van der Waals surface area (Å²) in [5.41, 5.74) is 0. The predicted molar refractivity (Wildman–Crippen MR) is 64.2 cm³/mol. The fourth-order valence-corrected chi connectivity index (χ4v) is 2.57. The van der Waals surface area contributed by atoms with Crippen molar-refractivity contribution >= 4 is 12.0 Å². The van der Waals surface area contributed by atoms with Crippen molar-refractivity contribution in [2.45, 2.75) is 25.9 Å². The molecule has 3 atom stereocenters. The number of hydrogen-bond donors (Lipinski definition) is 2. The van der Waals surface area contributed by atoms with Gasteiger partial charge in [0.2, 0.25) is 0 Å². The molecule has 0 saturated carbocycles. The van der Waals surface area contributed by atoms with Gasteiger partial charge in [0, 0.05) is 26.2 Å². The normalized spacial score (nSPS) is 31.6. The van der Waals surface area contributed by atoms with E-state index < -0.39 is 11.9 Å². The molecule has 0 spiro atoms. The van der Waals surface area contributed by atoms with E-state index in [1.165, 1.54) is 0 Å². The van der Waals surface area contributed by atoms with Crippen molar-refractivity contribution in [1.82, 2.24) is 10.2 Å². The summed E-state index contributed by atoms with van der Waals surface area (Å²) in [6, 6.07) is -0.180. The zero-order valence-corrected chi connectivity index (χ0v) is 10.6. The first-order valence-electron chi connectivity index (χ1n) is 6.45. The minimum Gasteiger partial charge on any atom is -0.481 e. The Balaban J connectivity index is 1.77. The molecule has 2 aliphatic heterocycles. The number of carbonyl (C=O) groups excluding carboxylic acids is 1. The van der Waals surface area contributed by atoms with Crippen LogP contribution in [0.5, 0.6) is 0 Å². The molecule has 6 nitrogen and oxygen atoms in total. The summed E-state index contributed by atoms with van der Waals surface area (Å²) >= 11 is 0. The van der Waals surface area contributed by atoms with Crippen LogP contribution >= 0.6 is 0 Å². The van der Waals surface area contributed by atoms with Gasteiger partial charge in [0.05, 0.1) is 12.0 Å². The van der Waals surface area contributed by atoms with Crippen LogP contribution in [0.4, 0.5) is 4.79 Å². The maximum absolute atomic E-state index is 11.9. The van der Waals surface area contributed by atoms with Gasteiger partial charge < -0.3 is 20.1 Å². The predicted octanol–water partition coefficient (Wildman–Crippen LogP) is 0.527. The van der Waals surface area contributed by atoms with E-state index >= 15 is 0 Å². The first-order chi connectivity index (χ1) is 8.58. The number of amides is 2. The van der Waals surface area contributed by atoms with Crippen molar-refractivity contribution in [3.8, 4) is 0 Å². The summed E-state index contributed by atoms with van der Waals surface area (Å²) in [5, 5.41) is 11.8. The molecule has 2 rings (SSSR count). The summed E-state index contributed by atoms with van der Waals surface area (Å²) in [5.74, 6) is -1.26. The van der Waals surface area contributed by atoms with Crippen LogP contribution in [0, 0.1) is 11.8 Å². The van der Waals surface area contributed by atoms with Crippen LogP contribution in [-0.4, -0.2) is 54.4 Å². The fourth-order valence-electron chi connectivity index (χ4n) is 2.57. The molecule has 0 aromatic heterocycles.